The summed E-state index contributed by atoms with van der Waals surface area (Å²) < 4.78 is 2.24. The molecule has 0 amide bonds. The van der Waals surface area contributed by atoms with Gasteiger partial charge in [0.1, 0.15) is 0 Å². The smallest absolute Gasteiger partial charge is 0.0431 e. The van der Waals surface area contributed by atoms with Gasteiger partial charge in [0.25, 0.3) is 0 Å². The van der Waals surface area contributed by atoms with Crippen LogP contribution in [0.15, 0.2) is 18.5 Å². The normalized spacial score (nSPS) is 10.9. The maximum Gasteiger partial charge on any atom is 0.0431 e. The van der Waals surface area contributed by atoms with Gasteiger partial charge in [-0.15, -0.1) is 0 Å². The highest BCUT2D eigenvalue weighted by molar-refractivity contribution is 5.09. The van der Waals surface area contributed by atoms with Crippen molar-refractivity contribution in [1.29, 1.82) is 0 Å². The number of unbranched alkanes of at least 4 members (excludes halogenated alkanes) is 2. The highest BCUT2D eigenvalue weighted by Gasteiger charge is 1.95. The Balaban J connectivity index is 2.07. The van der Waals surface area contributed by atoms with Crippen molar-refractivity contribution in [3.63, 3.8) is 0 Å². The number of aliphatic hydroxyl groups excluding tert-OH is 1. The second-order valence-electron chi connectivity index (χ2n) is 4.22. The number of rotatable bonds is 9. The maximum absolute atomic E-state index is 8.63. The van der Waals surface area contributed by atoms with Crippen molar-refractivity contribution in [2.24, 2.45) is 0 Å². The molecule has 3 nitrogen and oxygen atoms in total. The highest BCUT2D eigenvalue weighted by atomic mass is 16.2. The third-order valence-electron chi connectivity index (χ3n) is 2.63. The molecule has 0 aliphatic carbocycles. The van der Waals surface area contributed by atoms with Crippen LogP contribution in [0, 0.1) is 0 Å². The van der Waals surface area contributed by atoms with Crippen LogP contribution >= 0.6 is 0 Å². The minimum atomic E-state index is 0.319. The van der Waals surface area contributed by atoms with Crippen molar-refractivity contribution in [1.82, 2.24) is 9.88 Å². The van der Waals surface area contributed by atoms with E-state index >= 15 is 0 Å². The molecule has 0 saturated carbocycles. The topological polar surface area (TPSA) is 37.2 Å². The van der Waals surface area contributed by atoms with Gasteiger partial charge in [0, 0.05) is 32.1 Å². The molecule has 1 aromatic heterocycles. The van der Waals surface area contributed by atoms with Crippen LogP contribution in [0.2, 0.25) is 0 Å². The van der Waals surface area contributed by atoms with Crippen LogP contribution in [-0.4, -0.2) is 22.8 Å². The van der Waals surface area contributed by atoms with Gasteiger partial charge in [-0.2, -0.15) is 0 Å². The fourth-order valence-electron chi connectivity index (χ4n) is 1.76. The Kier molecular flexibility index (Phi) is 6.93. The van der Waals surface area contributed by atoms with Gasteiger partial charge in [0.2, 0.25) is 0 Å². The average Bonchev–Trinajstić information content (AvgIpc) is 2.72. The van der Waals surface area contributed by atoms with Crippen LogP contribution in [0.4, 0.5) is 0 Å². The van der Waals surface area contributed by atoms with E-state index in [1.807, 2.05) is 0 Å². The Morgan fingerprint density at radius 3 is 2.94 bits per heavy atom. The quantitative estimate of drug-likeness (QED) is 0.631. The fraction of sp³-hybridized carbons (Fsp3) is 0.692. The van der Waals surface area contributed by atoms with E-state index in [1.165, 1.54) is 12.0 Å². The average molecular weight is 224 g/mol. The second kappa shape index (κ2) is 8.36. The Morgan fingerprint density at radius 1 is 1.31 bits per heavy atom. The van der Waals surface area contributed by atoms with Gasteiger partial charge in [-0.3, -0.25) is 0 Å². The molecule has 2 N–H and O–H groups in total. The Hall–Kier alpha value is -0.800. The summed E-state index contributed by atoms with van der Waals surface area (Å²) in [4.78, 5) is 0. The first-order valence-electron chi connectivity index (χ1n) is 6.33. The number of nitrogens with one attached hydrogen (secondary N) is 1. The van der Waals surface area contributed by atoms with Gasteiger partial charge < -0.3 is 15.0 Å². The number of aromatic nitrogens is 1. The third kappa shape index (κ3) is 5.33. The molecule has 1 heterocycles. The van der Waals surface area contributed by atoms with E-state index < -0.39 is 0 Å². The summed E-state index contributed by atoms with van der Waals surface area (Å²) in [5.41, 5.74) is 1.36. The summed E-state index contributed by atoms with van der Waals surface area (Å²) in [6.07, 6.45) is 8.73. The lowest BCUT2D eigenvalue weighted by molar-refractivity contribution is 0.283. The lowest BCUT2D eigenvalue weighted by Crippen LogP contribution is -2.14. The number of nitrogens with zero attached hydrogens (tertiary/aromatic N) is 1. The zero-order valence-corrected chi connectivity index (χ0v) is 10.3. The summed E-state index contributed by atoms with van der Waals surface area (Å²) in [5.74, 6) is 0. The molecule has 0 fully saturated rings. The molecule has 0 saturated heterocycles. The fourth-order valence-corrected chi connectivity index (χ4v) is 1.76. The van der Waals surface area contributed by atoms with Crippen molar-refractivity contribution in [3.8, 4) is 0 Å². The van der Waals surface area contributed by atoms with Crippen molar-refractivity contribution in [2.75, 3.05) is 13.2 Å². The van der Waals surface area contributed by atoms with Gasteiger partial charge in [0.15, 0.2) is 0 Å². The minimum Gasteiger partial charge on any atom is -0.396 e. The summed E-state index contributed by atoms with van der Waals surface area (Å²) >= 11 is 0. The van der Waals surface area contributed by atoms with Crippen molar-refractivity contribution >= 4 is 0 Å². The molecule has 0 aliphatic rings. The molecule has 0 bridgehead atoms. The zero-order chi connectivity index (χ0) is 11.6. The lowest BCUT2D eigenvalue weighted by atomic mass is 10.2. The summed E-state index contributed by atoms with van der Waals surface area (Å²) in [6, 6.07) is 2.18. The summed E-state index contributed by atoms with van der Waals surface area (Å²) in [6.45, 7) is 5.62. The first-order chi connectivity index (χ1) is 7.86. The van der Waals surface area contributed by atoms with E-state index in [2.05, 4.69) is 35.3 Å². The molecule has 0 radical (unpaired) electrons. The summed E-state index contributed by atoms with van der Waals surface area (Å²) in [7, 11) is 0. The maximum atomic E-state index is 8.63. The van der Waals surface area contributed by atoms with Gasteiger partial charge >= 0.3 is 0 Å². The number of aryl methyl sites for hydroxylation is 1. The van der Waals surface area contributed by atoms with Crippen LogP contribution in [-0.2, 0) is 13.1 Å². The minimum absolute atomic E-state index is 0.319. The number of hydrogen-bond acceptors (Lipinski definition) is 2. The van der Waals surface area contributed by atoms with Gasteiger partial charge in [-0.25, -0.2) is 0 Å². The second-order valence-corrected chi connectivity index (χ2v) is 4.22. The van der Waals surface area contributed by atoms with Gasteiger partial charge in [-0.05, 0) is 43.9 Å². The van der Waals surface area contributed by atoms with Crippen molar-refractivity contribution < 1.29 is 5.11 Å². The van der Waals surface area contributed by atoms with Crippen LogP contribution in [0.25, 0.3) is 0 Å². The molecule has 92 valence electrons. The van der Waals surface area contributed by atoms with Crippen molar-refractivity contribution in [2.45, 2.75) is 45.7 Å². The van der Waals surface area contributed by atoms with Crippen LogP contribution in [0.5, 0.6) is 0 Å². The SMILES string of the molecule is CCCn1ccc(CNCCCCCO)c1. The Labute approximate surface area is 98.5 Å². The molecular formula is C13H24N2O. The molecule has 3 heteroatoms. The molecule has 0 aliphatic heterocycles. The molecule has 0 atom stereocenters. The number of hydrogen-bond donors (Lipinski definition) is 2. The molecule has 0 spiro atoms. The van der Waals surface area contributed by atoms with E-state index in [4.69, 9.17) is 5.11 Å². The zero-order valence-electron chi connectivity index (χ0n) is 10.3. The predicted octanol–water partition coefficient (Wildman–Crippen LogP) is 2.15. The van der Waals surface area contributed by atoms with E-state index in [0.29, 0.717) is 6.61 Å². The molecule has 1 rings (SSSR count). The highest BCUT2D eigenvalue weighted by Crippen LogP contribution is 2.02. The van der Waals surface area contributed by atoms with Crippen molar-refractivity contribution in [3.05, 3.63) is 24.0 Å². The lowest BCUT2D eigenvalue weighted by Gasteiger charge is -2.02. The largest absolute Gasteiger partial charge is 0.396 e. The molecular weight excluding hydrogens is 200 g/mol. The summed E-state index contributed by atoms with van der Waals surface area (Å²) in [5, 5.41) is 12.1. The van der Waals surface area contributed by atoms with E-state index in [9.17, 15) is 0 Å². The number of aliphatic hydroxyl groups is 1. The molecule has 16 heavy (non-hydrogen) atoms. The molecule has 1 aromatic rings. The molecule has 0 unspecified atom stereocenters. The van der Waals surface area contributed by atoms with E-state index in [1.54, 1.807) is 0 Å². The van der Waals surface area contributed by atoms with Crippen LogP contribution in [0.1, 0.15) is 38.2 Å². The monoisotopic (exact) mass is 224 g/mol. The Bertz CT molecular complexity index is 271. The first-order valence-corrected chi connectivity index (χ1v) is 6.33. The molecule has 0 aromatic carbocycles. The standard InChI is InChI=1S/C13H24N2O/c1-2-8-15-9-6-13(12-15)11-14-7-4-3-5-10-16/h6,9,12,14,16H,2-5,7-8,10-11H2,1H3. The third-order valence-corrected chi connectivity index (χ3v) is 2.63. The predicted molar refractivity (Wildman–Crippen MR) is 67.4 cm³/mol. The van der Waals surface area contributed by atoms with E-state index in [-0.39, 0.29) is 0 Å². The van der Waals surface area contributed by atoms with Crippen LogP contribution < -0.4 is 5.32 Å². The van der Waals surface area contributed by atoms with E-state index in [0.717, 1.165) is 38.9 Å². The Morgan fingerprint density at radius 2 is 2.19 bits per heavy atom. The van der Waals surface area contributed by atoms with Gasteiger partial charge in [0.05, 0.1) is 0 Å². The van der Waals surface area contributed by atoms with Gasteiger partial charge in [-0.1, -0.05) is 6.92 Å². The first kappa shape index (κ1) is 13.3. The van der Waals surface area contributed by atoms with Crippen LogP contribution in [0.3, 0.4) is 0 Å².